The Bertz CT molecular complexity index is 423. The van der Waals surface area contributed by atoms with Crippen LogP contribution in [0.2, 0.25) is 0 Å². The standard InChI is InChI=1S/C11H11NO2/c1-7-3-4-9-6-11(14)12(8(2)13)10(9)5-7/h3-5H,6H2,1-2H3. The summed E-state index contributed by atoms with van der Waals surface area (Å²) in [6.07, 6.45) is 0.342. The van der Waals surface area contributed by atoms with Gasteiger partial charge in [-0.25, -0.2) is 0 Å². The molecule has 1 heterocycles. The molecule has 0 spiro atoms. The van der Waals surface area contributed by atoms with Crippen LogP contribution in [0.15, 0.2) is 18.2 Å². The van der Waals surface area contributed by atoms with E-state index >= 15 is 0 Å². The molecule has 0 unspecified atom stereocenters. The number of aryl methyl sites for hydroxylation is 1. The molecule has 0 atom stereocenters. The van der Waals surface area contributed by atoms with Gasteiger partial charge in [0.1, 0.15) is 0 Å². The first-order valence-electron chi connectivity index (χ1n) is 4.52. The van der Waals surface area contributed by atoms with Crippen molar-refractivity contribution in [3.05, 3.63) is 29.3 Å². The molecular formula is C11H11NO2. The zero-order valence-electron chi connectivity index (χ0n) is 8.20. The fourth-order valence-corrected chi connectivity index (χ4v) is 1.75. The third-order valence-corrected chi connectivity index (χ3v) is 2.39. The molecule has 0 fully saturated rings. The van der Waals surface area contributed by atoms with E-state index in [2.05, 4.69) is 0 Å². The highest BCUT2D eigenvalue weighted by atomic mass is 16.2. The molecule has 0 aromatic heterocycles. The van der Waals surface area contributed by atoms with Gasteiger partial charge in [-0.3, -0.25) is 14.5 Å². The number of nitrogens with zero attached hydrogens (tertiary/aromatic N) is 1. The maximum Gasteiger partial charge on any atom is 0.238 e. The van der Waals surface area contributed by atoms with Crippen LogP contribution in [0.1, 0.15) is 18.1 Å². The van der Waals surface area contributed by atoms with Crippen molar-refractivity contribution < 1.29 is 9.59 Å². The largest absolute Gasteiger partial charge is 0.274 e. The number of amides is 2. The van der Waals surface area contributed by atoms with E-state index in [-0.39, 0.29) is 11.8 Å². The van der Waals surface area contributed by atoms with Crippen molar-refractivity contribution in [2.24, 2.45) is 0 Å². The Labute approximate surface area is 82.3 Å². The first-order chi connectivity index (χ1) is 6.59. The van der Waals surface area contributed by atoms with E-state index in [9.17, 15) is 9.59 Å². The number of anilines is 1. The SMILES string of the molecule is CC(=O)N1C(=O)Cc2ccc(C)cc21. The highest BCUT2D eigenvalue weighted by Crippen LogP contribution is 2.29. The zero-order valence-corrected chi connectivity index (χ0v) is 8.20. The quantitative estimate of drug-likeness (QED) is 0.619. The Morgan fingerprint density at radius 3 is 2.79 bits per heavy atom. The second kappa shape index (κ2) is 2.94. The molecule has 1 aromatic rings. The second-order valence-electron chi connectivity index (χ2n) is 3.56. The molecule has 3 heteroatoms. The van der Waals surface area contributed by atoms with Gasteiger partial charge in [-0.2, -0.15) is 0 Å². The number of hydrogen-bond donors (Lipinski definition) is 0. The summed E-state index contributed by atoms with van der Waals surface area (Å²) in [6, 6.07) is 5.74. The smallest absolute Gasteiger partial charge is 0.238 e. The van der Waals surface area contributed by atoms with E-state index in [1.165, 1.54) is 11.8 Å². The van der Waals surface area contributed by atoms with Crippen LogP contribution in [0.5, 0.6) is 0 Å². The molecule has 0 saturated heterocycles. The average Bonchev–Trinajstić information content (AvgIpc) is 2.40. The van der Waals surface area contributed by atoms with E-state index in [0.717, 1.165) is 16.8 Å². The number of carbonyl (C=O) groups is 2. The molecule has 0 aliphatic carbocycles. The number of rotatable bonds is 0. The summed E-state index contributed by atoms with van der Waals surface area (Å²) in [5.41, 5.74) is 2.75. The van der Waals surface area contributed by atoms with Crippen LogP contribution in [0.3, 0.4) is 0 Å². The molecule has 0 saturated carbocycles. The van der Waals surface area contributed by atoms with Crippen LogP contribution in [0.4, 0.5) is 5.69 Å². The van der Waals surface area contributed by atoms with Crippen molar-refractivity contribution >= 4 is 17.5 Å². The predicted molar refractivity (Wildman–Crippen MR) is 53.1 cm³/mol. The minimum absolute atomic E-state index is 0.127. The number of hydrogen-bond acceptors (Lipinski definition) is 2. The Morgan fingerprint density at radius 2 is 2.14 bits per heavy atom. The molecular weight excluding hydrogens is 178 g/mol. The van der Waals surface area contributed by atoms with Crippen molar-refractivity contribution in [1.29, 1.82) is 0 Å². The van der Waals surface area contributed by atoms with Crippen LogP contribution < -0.4 is 4.90 Å². The number of benzene rings is 1. The molecule has 2 rings (SSSR count). The molecule has 0 radical (unpaired) electrons. The lowest BCUT2D eigenvalue weighted by atomic mass is 10.1. The number of fused-ring (bicyclic) bond motifs is 1. The van der Waals surface area contributed by atoms with Gasteiger partial charge in [-0.15, -0.1) is 0 Å². The molecule has 72 valence electrons. The first kappa shape index (κ1) is 8.94. The first-order valence-corrected chi connectivity index (χ1v) is 4.52. The van der Waals surface area contributed by atoms with Crippen molar-refractivity contribution in [2.45, 2.75) is 20.3 Å². The summed E-state index contributed by atoms with van der Waals surface area (Å²) in [6.45, 7) is 3.36. The summed E-state index contributed by atoms with van der Waals surface area (Å²) in [5, 5.41) is 0. The van der Waals surface area contributed by atoms with E-state index < -0.39 is 0 Å². The fraction of sp³-hybridized carbons (Fsp3) is 0.273. The molecule has 1 aliphatic rings. The van der Waals surface area contributed by atoms with Gasteiger partial charge < -0.3 is 0 Å². The Morgan fingerprint density at radius 1 is 1.43 bits per heavy atom. The minimum atomic E-state index is -0.209. The third kappa shape index (κ3) is 1.21. The van der Waals surface area contributed by atoms with Crippen LogP contribution in [-0.4, -0.2) is 11.8 Å². The van der Waals surface area contributed by atoms with Gasteiger partial charge in [0.25, 0.3) is 0 Å². The van der Waals surface area contributed by atoms with Crippen LogP contribution in [-0.2, 0) is 16.0 Å². The molecule has 2 amide bonds. The summed E-state index contributed by atoms with van der Waals surface area (Å²) < 4.78 is 0. The van der Waals surface area contributed by atoms with Gasteiger partial charge in [0.05, 0.1) is 12.1 Å². The van der Waals surface area contributed by atoms with Crippen molar-refractivity contribution in [2.75, 3.05) is 4.90 Å². The van der Waals surface area contributed by atoms with E-state index in [1.807, 2.05) is 25.1 Å². The van der Waals surface area contributed by atoms with E-state index in [1.54, 1.807) is 0 Å². The topological polar surface area (TPSA) is 37.4 Å². The van der Waals surface area contributed by atoms with Gasteiger partial charge in [0, 0.05) is 6.92 Å². The highest BCUT2D eigenvalue weighted by molar-refractivity contribution is 6.18. The Hall–Kier alpha value is -1.64. The molecule has 14 heavy (non-hydrogen) atoms. The van der Waals surface area contributed by atoms with Gasteiger partial charge in [-0.05, 0) is 24.1 Å². The normalized spacial score (nSPS) is 14.4. The zero-order chi connectivity index (χ0) is 10.3. The molecule has 1 aromatic carbocycles. The monoisotopic (exact) mass is 189 g/mol. The molecule has 1 aliphatic heterocycles. The van der Waals surface area contributed by atoms with E-state index in [0.29, 0.717) is 6.42 Å². The lowest BCUT2D eigenvalue weighted by molar-refractivity contribution is -0.124. The summed E-state index contributed by atoms with van der Waals surface area (Å²) in [5.74, 6) is -0.336. The number of imide groups is 1. The summed E-state index contributed by atoms with van der Waals surface area (Å²) >= 11 is 0. The predicted octanol–water partition coefficient (Wildman–Crippen LogP) is 1.43. The molecule has 0 N–H and O–H groups in total. The van der Waals surface area contributed by atoms with Gasteiger partial charge >= 0.3 is 0 Å². The lowest BCUT2D eigenvalue weighted by Crippen LogP contribution is -2.31. The molecule has 3 nitrogen and oxygen atoms in total. The summed E-state index contributed by atoms with van der Waals surface area (Å²) in [4.78, 5) is 24.0. The maximum atomic E-state index is 11.5. The maximum absolute atomic E-state index is 11.5. The second-order valence-corrected chi connectivity index (χ2v) is 3.56. The van der Waals surface area contributed by atoms with E-state index in [4.69, 9.17) is 0 Å². The van der Waals surface area contributed by atoms with Gasteiger partial charge in [0.2, 0.25) is 11.8 Å². The van der Waals surface area contributed by atoms with Crippen LogP contribution in [0.25, 0.3) is 0 Å². The van der Waals surface area contributed by atoms with Gasteiger partial charge in [-0.1, -0.05) is 12.1 Å². The molecule has 0 bridgehead atoms. The van der Waals surface area contributed by atoms with Crippen molar-refractivity contribution in [3.63, 3.8) is 0 Å². The minimum Gasteiger partial charge on any atom is -0.274 e. The third-order valence-electron chi connectivity index (χ3n) is 2.39. The highest BCUT2D eigenvalue weighted by Gasteiger charge is 2.29. The van der Waals surface area contributed by atoms with Gasteiger partial charge in [0.15, 0.2) is 0 Å². The van der Waals surface area contributed by atoms with Crippen molar-refractivity contribution in [3.8, 4) is 0 Å². The van der Waals surface area contributed by atoms with Crippen LogP contribution in [0, 0.1) is 6.92 Å². The number of carbonyl (C=O) groups excluding carboxylic acids is 2. The van der Waals surface area contributed by atoms with Crippen LogP contribution >= 0.6 is 0 Å². The van der Waals surface area contributed by atoms with Crippen molar-refractivity contribution in [1.82, 2.24) is 0 Å². The fourth-order valence-electron chi connectivity index (χ4n) is 1.75. The average molecular weight is 189 g/mol. The lowest BCUT2D eigenvalue weighted by Gasteiger charge is -2.12. The summed E-state index contributed by atoms with van der Waals surface area (Å²) in [7, 11) is 0. The Kier molecular flexibility index (Phi) is 1.88. The Balaban J connectivity index is 2.55.